The highest BCUT2D eigenvalue weighted by Gasteiger charge is 2.39. The number of carbonyl (C=O) groups excluding carboxylic acids is 1. The summed E-state index contributed by atoms with van der Waals surface area (Å²) in [4.78, 5) is 11.3. The molecule has 0 aromatic heterocycles. The van der Waals surface area contributed by atoms with Crippen LogP contribution >= 0.6 is 0 Å². The minimum absolute atomic E-state index is 0.0134. The van der Waals surface area contributed by atoms with Crippen molar-refractivity contribution in [3.63, 3.8) is 0 Å². The lowest BCUT2D eigenvalue weighted by Gasteiger charge is -2.34. The van der Waals surface area contributed by atoms with Gasteiger partial charge in [0.25, 0.3) is 0 Å². The fourth-order valence-electron chi connectivity index (χ4n) is 2.77. The summed E-state index contributed by atoms with van der Waals surface area (Å²) in [6.45, 7) is -0.0134. The number of hydrogen-bond donors (Lipinski definition) is 1. The SMILES string of the molecule is NC(=O)C1Cc2ccccc2CN1S(=O)(=O)c1ccccc1F. The first kappa shape index (κ1) is 15.6. The van der Waals surface area contributed by atoms with Crippen LogP contribution < -0.4 is 5.73 Å². The number of nitrogens with two attached hydrogens (primary N) is 1. The number of nitrogens with zero attached hydrogens (tertiary/aromatic N) is 1. The van der Waals surface area contributed by atoms with Gasteiger partial charge < -0.3 is 5.73 Å². The van der Waals surface area contributed by atoms with E-state index in [0.29, 0.717) is 0 Å². The lowest BCUT2D eigenvalue weighted by molar-refractivity contribution is -0.122. The molecule has 1 aliphatic heterocycles. The predicted molar refractivity (Wildman–Crippen MR) is 82.3 cm³/mol. The second kappa shape index (κ2) is 5.75. The fraction of sp³-hybridized carbons (Fsp3) is 0.188. The Morgan fingerprint density at radius 1 is 1.09 bits per heavy atom. The minimum atomic E-state index is -4.17. The number of amides is 1. The van der Waals surface area contributed by atoms with Crippen LogP contribution in [0.4, 0.5) is 4.39 Å². The highest BCUT2D eigenvalue weighted by atomic mass is 32.2. The molecular weight excluding hydrogens is 319 g/mol. The summed E-state index contributed by atoms with van der Waals surface area (Å²) in [6, 6.07) is 11.3. The van der Waals surface area contributed by atoms with E-state index in [1.165, 1.54) is 18.2 Å². The fourth-order valence-corrected chi connectivity index (χ4v) is 4.41. The molecule has 23 heavy (non-hydrogen) atoms. The molecule has 0 bridgehead atoms. The monoisotopic (exact) mass is 334 g/mol. The largest absolute Gasteiger partial charge is 0.368 e. The van der Waals surface area contributed by atoms with E-state index in [1.807, 2.05) is 12.1 Å². The van der Waals surface area contributed by atoms with Crippen molar-refractivity contribution in [2.45, 2.75) is 23.9 Å². The van der Waals surface area contributed by atoms with Crippen LogP contribution in [0.5, 0.6) is 0 Å². The van der Waals surface area contributed by atoms with Crippen LogP contribution in [0.1, 0.15) is 11.1 Å². The maximum atomic E-state index is 13.9. The number of halogens is 1. The average Bonchev–Trinajstić information content (AvgIpc) is 2.53. The van der Waals surface area contributed by atoms with Crippen molar-refractivity contribution in [3.05, 3.63) is 65.5 Å². The Morgan fingerprint density at radius 3 is 2.35 bits per heavy atom. The molecule has 1 unspecified atom stereocenters. The van der Waals surface area contributed by atoms with Gasteiger partial charge in [0, 0.05) is 6.54 Å². The number of fused-ring (bicyclic) bond motifs is 1. The molecule has 2 aromatic carbocycles. The predicted octanol–water partition coefficient (Wildman–Crippen LogP) is 1.43. The number of carbonyl (C=O) groups is 1. The summed E-state index contributed by atoms with van der Waals surface area (Å²) in [5.41, 5.74) is 7.04. The van der Waals surface area contributed by atoms with Crippen molar-refractivity contribution >= 4 is 15.9 Å². The third-order valence-electron chi connectivity index (χ3n) is 3.96. The summed E-state index contributed by atoms with van der Waals surface area (Å²) >= 11 is 0. The quantitative estimate of drug-likeness (QED) is 0.922. The Balaban J connectivity index is 2.10. The molecule has 2 N–H and O–H groups in total. The molecule has 0 spiro atoms. The van der Waals surface area contributed by atoms with Crippen molar-refractivity contribution in [1.29, 1.82) is 0 Å². The first-order chi connectivity index (χ1) is 10.9. The van der Waals surface area contributed by atoms with Crippen molar-refractivity contribution in [2.75, 3.05) is 0 Å². The molecule has 2 aromatic rings. The average molecular weight is 334 g/mol. The molecular formula is C16H15FN2O3S. The molecule has 0 saturated carbocycles. The third-order valence-corrected chi connectivity index (χ3v) is 5.85. The molecule has 0 saturated heterocycles. The molecule has 1 aliphatic rings. The van der Waals surface area contributed by atoms with Gasteiger partial charge in [0.05, 0.1) is 0 Å². The van der Waals surface area contributed by atoms with Gasteiger partial charge in [-0.1, -0.05) is 36.4 Å². The normalized spacial score (nSPS) is 18.4. The highest BCUT2D eigenvalue weighted by molar-refractivity contribution is 7.89. The van der Waals surface area contributed by atoms with Crippen LogP contribution in [0.2, 0.25) is 0 Å². The molecule has 120 valence electrons. The molecule has 1 heterocycles. The number of sulfonamides is 1. The van der Waals surface area contributed by atoms with E-state index in [4.69, 9.17) is 5.73 Å². The summed E-state index contributed by atoms with van der Waals surface area (Å²) in [5, 5.41) is 0. The van der Waals surface area contributed by atoms with Crippen LogP contribution in [-0.2, 0) is 27.8 Å². The van der Waals surface area contributed by atoms with E-state index < -0.39 is 32.7 Å². The van der Waals surface area contributed by atoms with Crippen molar-refractivity contribution in [1.82, 2.24) is 4.31 Å². The Bertz CT molecular complexity index is 867. The maximum Gasteiger partial charge on any atom is 0.247 e. The molecule has 3 rings (SSSR count). The number of hydrogen-bond acceptors (Lipinski definition) is 3. The van der Waals surface area contributed by atoms with Crippen LogP contribution in [0.25, 0.3) is 0 Å². The summed E-state index contributed by atoms with van der Waals surface area (Å²) in [5.74, 6) is -1.60. The highest BCUT2D eigenvalue weighted by Crippen LogP contribution is 2.29. The molecule has 1 amide bonds. The third kappa shape index (κ3) is 2.73. The van der Waals surface area contributed by atoms with Crippen molar-refractivity contribution < 1.29 is 17.6 Å². The summed E-state index contributed by atoms with van der Waals surface area (Å²) in [6.07, 6.45) is 0.180. The van der Waals surface area contributed by atoms with Crippen LogP contribution in [0.15, 0.2) is 53.4 Å². The lowest BCUT2D eigenvalue weighted by atomic mass is 9.96. The van der Waals surface area contributed by atoms with Crippen LogP contribution in [0.3, 0.4) is 0 Å². The Morgan fingerprint density at radius 2 is 1.70 bits per heavy atom. The minimum Gasteiger partial charge on any atom is -0.368 e. The van der Waals surface area contributed by atoms with E-state index in [0.717, 1.165) is 21.5 Å². The Kier molecular flexibility index (Phi) is 3.91. The Labute approximate surface area is 133 Å². The van der Waals surface area contributed by atoms with Gasteiger partial charge in [-0.15, -0.1) is 0 Å². The van der Waals surface area contributed by atoms with Gasteiger partial charge in [0.2, 0.25) is 15.9 Å². The standard InChI is InChI=1S/C16H15FN2O3S/c17-13-7-3-4-8-15(13)23(21,22)19-10-12-6-2-1-5-11(12)9-14(19)16(18)20/h1-8,14H,9-10H2,(H2,18,20). The maximum absolute atomic E-state index is 13.9. The molecule has 0 radical (unpaired) electrons. The molecule has 5 nitrogen and oxygen atoms in total. The van der Waals surface area contributed by atoms with E-state index >= 15 is 0 Å². The molecule has 1 atom stereocenters. The van der Waals surface area contributed by atoms with E-state index in [-0.39, 0.29) is 13.0 Å². The van der Waals surface area contributed by atoms with Gasteiger partial charge in [0.1, 0.15) is 16.8 Å². The van der Waals surface area contributed by atoms with E-state index in [9.17, 15) is 17.6 Å². The van der Waals surface area contributed by atoms with E-state index in [2.05, 4.69) is 0 Å². The number of rotatable bonds is 3. The van der Waals surface area contributed by atoms with Crippen LogP contribution in [-0.4, -0.2) is 24.7 Å². The van der Waals surface area contributed by atoms with Gasteiger partial charge in [0.15, 0.2) is 0 Å². The molecule has 0 fully saturated rings. The Hall–Kier alpha value is -2.25. The zero-order valence-corrected chi connectivity index (χ0v) is 13.0. The van der Waals surface area contributed by atoms with Crippen LogP contribution in [0, 0.1) is 5.82 Å². The van der Waals surface area contributed by atoms with Crippen molar-refractivity contribution in [3.8, 4) is 0 Å². The van der Waals surface area contributed by atoms with E-state index in [1.54, 1.807) is 12.1 Å². The smallest absolute Gasteiger partial charge is 0.247 e. The van der Waals surface area contributed by atoms with Gasteiger partial charge in [-0.05, 0) is 29.7 Å². The van der Waals surface area contributed by atoms with Gasteiger partial charge in [-0.2, -0.15) is 4.31 Å². The topological polar surface area (TPSA) is 80.5 Å². The zero-order chi connectivity index (χ0) is 16.6. The first-order valence-corrected chi connectivity index (χ1v) is 8.48. The number of primary amides is 1. The second-order valence-electron chi connectivity index (χ2n) is 5.37. The van der Waals surface area contributed by atoms with Gasteiger partial charge in [-0.3, -0.25) is 4.79 Å². The summed E-state index contributed by atoms with van der Waals surface area (Å²) in [7, 11) is -4.17. The molecule has 0 aliphatic carbocycles. The molecule has 7 heteroatoms. The summed E-state index contributed by atoms with van der Waals surface area (Å²) < 4.78 is 40.5. The zero-order valence-electron chi connectivity index (χ0n) is 12.1. The van der Waals surface area contributed by atoms with Crippen molar-refractivity contribution in [2.24, 2.45) is 5.73 Å². The number of benzene rings is 2. The second-order valence-corrected chi connectivity index (χ2v) is 7.23. The van der Waals surface area contributed by atoms with Gasteiger partial charge in [-0.25, -0.2) is 12.8 Å². The lowest BCUT2D eigenvalue weighted by Crippen LogP contribution is -2.51. The first-order valence-electron chi connectivity index (χ1n) is 7.03. The van der Waals surface area contributed by atoms with Gasteiger partial charge >= 0.3 is 0 Å².